The fourth-order valence-electron chi connectivity index (χ4n) is 2.52. The molecular weight excluding hydrogens is 262 g/mol. The lowest BCUT2D eigenvalue weighted by atomic mass is 10.1. The van der Waals surface area contributed by atoms with Crippen LogP contribution in [0, 0.1) is 13.8 Å². The van der Waals surface area contributed by atoms with Crippen LogP contribution in [0.1, 0.15) is 23.6 Å². The summed E-state index contributed by atoms with van der Waals surface area (Å²) < 4.78 is 5.44. The Labute approximate surface area is 126 Å². The lowest BCUT2D eigenvalue weighted by Gasteiger charge is -2.22. The zero-order valence-corrected chi connectivity index (χ0v) is 13.2. The average Bonchev–Trinajstić information content (AvgIpc) is 2.42. The number of phenolic OH excluding ortho intramolecular Hbond substituents is 1. The van der Waals surface area contributed by atoms with Crippen LogP contribution in [-0.2, 0) is 6.54 Å². The molecule has 112 valence electrons. The van der Waals surface area contributed by atoms with Crippen LogP contribution in [0.15, 0.2) is 36.4 Å². The lowest BCUT2D eigenvalue weighted by Crippen LogP contribution is -2.17. The third-order valence-electron chi connectivity index (χ3n) is 3.51. The van der Waals surface area contributed by atoms with Crippen LogP contribution in [0.4, 0.5) is 5.69 Å². The minimum atomic E-state index is 0.190. The SMILES string of the molecule is CCOc1cc(CN(C)c2ccc(C)cc2C)ccc1O. The molecule has 2 aromatic rings. The summed E-state index contributed by atoms with van der Waals surface area (Å²) in [6, 6.07) is 12.0. The second-order valence-corrected chi connectivity index (χ2v) is 5.38. The Morgan fingerprint density at radius 2 is 1.86 bits per heavy atom. The lowest BCUT2D eigenvalue weighted by molar-refractivity contribution is 0.318. The predicted molar refractivity (Wildman–Crippen MR) is 87.3 cm³/mol. The first kappa shape index (κ1) is 15.2. The van der Waals surface area contributed by atoms with Crippen LogP contribution in [0.3, 0.4) is 0 Å². The van der Waals surface area contributed by atoms with Crippen molar-refractivity contribution in [3.05, 3.63) is 53.1 Å². The molecule has 0 unspecified atom stereocenters. The first-order valence-electron chi connectivity index (χ1n) is 7.24. The normalized spacial score (nSPS) is 10.5. The maximum Gasteiger partial charge on any atom is 0.161 e. The average molecular weight is 285 g/mol. The van der Waals surface area contributed by atoms with Gasteiger partial charge in [-0.25, -0.2) is 0 Å². The van der Waals surface area contributed by atoms with Crippen molar-refractivity contribution in [3.63, 3.8) is 0 Å². The second-order valence-electron chi connectivity index (χ2n) is 5.38. The van der Waals surface area contributed by atoms with Crippen LogP contribution in [0.25, 0.3) is 0 Å². The van der Waals surface area contributed by atoms with Crippen LogP contribution < -0.4 is 9.64 Å². The Balaban J connectivity index is 2.19. The van der Waals surface area contributed by atoms with Gasteiger partial charge in [0.05, 0.1) is 6.61 Å². The largest absolute Gasteiger partial charge is 0.504 e. The molecule has 0 spiro atoms. The van der Waals surface area contributed by atoms with Crippen molar-refractivity contribution in [2.75, 3.05) is 18.6 Å². The summed E-state index contributed by atoms with van der Waals surface area (Å²) in [7, 11) is 2.07. The van der Waals surface area contributed by atoms with Gasteiger partial charge in [-0.15, -0.1) is 0 Å². The van der Waals surface area contributed by atoms with Gasteiger partial charge in [0, 0.05) is 19.3 Å². The Kier molecular flexibility index (Phi) is 4.73. The van der Waals surface area contributed by atoms with Crippen molar-refractivity contribution in [3.8, 4) is 11.5 Å². The van der Waals surface area contributed by atoms with Gasteiger partial charge in [0.1, 0.15) is 0 Å². The van der Waals surface area contributed by atoms with Gasteiger partial charge in [-0.05, 0) is 50.1 Å². The van der Waals surface area contributed by atoms with E-state index in [4.69, 9.17) is 4.74 Å². The van der Waals surface area contributed by atoms with E-state index in [9.17, 15) is 5.11 Å². The fourth-order valence-corrected chi connectivity index (χ4v) is 2.52. The molecule has 2 rings (SSSR count). The molecular formula is C18H23NO2. The first-order chi connectivity index (χ1) is 10.0. The van der Waals surface area contributed by atoms with E-state index in [0.717, 1.165) is 12.1 Å². The minimum absolute atomic E-state index is 0.190. The van der Waals surface area contributed by atoms with E-state index >= 15 is 0 Å². The molecule has 0 aliphatic rings. The topological polar surface area (TPSA) is 32.7 Å². The number of aromatic hydroxyl groups is 1. The van der Waals surface area contributed by atoms with Crippen LogP contribution in [0.2, 0.25) is 0 Å². The van der Waals surface area contributed by atoms with E-state index in [1.165, 1.54) is 16.8 Å². The number of anilines is 1. The highest BCUT2D eigenvalue weighted by Gasteiger charge is 2.08. The molecule has 0 aliphatic carbocycles. The molecule has 0 radical (unpaired) electrons. The molecule has 0 saturated carbocycles. The van der Waals surface area contributed by atoms with Crippen LogP contribution in [0.5, 0.6) is 11.5 Å². The quantitative estimate of drug-likeness (QED) is 0.899. The van der Waals surface area contributed by atoms with Gasteiger partial charge in [-0.3, -0.25) is 0 Å². The Hall–Kier alpha value is -2.16. The van der Waals surface area contributed by atoms with Crippen LogP contribution >= 0.6 is 0 Å². The molecule has 0 bridgehead atoms. The van der Waals surface area contributed by atoms with Crippen molar-refractivity contribution < 1.29 is 9.84 Å². The van der Waals surface area contributed by atoms with Gasteiger partial charge in [0.15, 0.2) is 11.5 Å². The van der Waals surface area contributed by atoms with E-state index in [0.29, 0.717) is 12.4 Å². The van der Waals surface area contributed by atoms with Crippen molar-refractivity contribution in [2.24, 2.45) is 0 Å². The molecule has 0 saturated heterocycles. The number of phenols is 1. The van der Waals surface area contributed by atoms with Crippen molar-refractivity contribution in [2.45, 2.75) is 27.3 Å². The third-order valence-corrected chi connectivity index (χ3v) is 3.51. The van der Waals surface area contributed by atoms with E-state index in [1.807, 2.05) is 19.1 Å². The number of rotatable bonds is 5. The molecule has 0 atom stereocenters. The first-order valence-corrected chi connectivity index (χ1v) is 7.24. The van der Waals surface area contributed by atoms with Crippen molar-refractivity contribution >= 4 is 5.69 Å². The van der Waals surface area contributed by atoms with Gasteiger partial charge in [0.25, 0.3) is 0 Å². The highest BCUT2D eigenvalue weighted by Crippen LogP contribution is 2.28. The summed E-state index contributed by atoms with van der Waals surface area (Å²) in [6.45, 7) is 7.45. The number of benzene rings is 2. The van der Waals surface area contributed by atoms with Gasteiger partial charge in [0.2, 0.25) is 0 Å². The molecule has 0 aliphatic heterocycles. The number of hydrogen-bond acceptors (Lipinski definition) is 3. The van der Waals surface area contributed by atoms with E-state index < -0.39 is 0 Å². The molecule has 21 heavy (non-hydrogen) atoms. The van der Waals surface area contributed by atoms with Crippen LogP contribution in [-0.4, -0.2) is 18.8 Å². The summed E-state index contributed by atoms with van der Waals surface area (Å²) in [6.07, 6.45) is 0. The molecule has 0 aromatic heterocycles. The molecule has 2 aromatic carbocycles. The molecule has 0 heterocycles. The monoisotopic (exact) mass is 285 g/mol. The zero-order valence-electron chi connectivity index (χ0n) is 13.2. The molecule has 0 amide bonds. The standard InChI is InChI=1S/C18H23NO2/c1-5-21-18-11-15(7-9-17(18)20)12-19(4)16-8-6-13(2)10-14(16)3/h6-11,20H,5,12H2,1-4H3. The zero-order chi connectivity index (χ0) is 15.4. The second kappa shape index (κ2) is 6.53. The van der Waals surface area contributed by atoms with Gasteiger partial charge in [-0.2, -0.15) is 0 Å². The van der Waals surface area contributed by atoms with Gasteiger partial charge >= 0.3 is 0 Å². The summed E-state index contributed by atoms with van der Waals surface area (Å²) in [4.78, 5) is 2.21. The van der Waals surface area contributed by atoms with Gasteiger partial charge < -0.3 is 14.7 Å². The smallest absolute Gasteiger partial charge is 0.161 e. The Bertz CT molecular complexity index is 623. The number of aryl methyl sites for hydroxylation is 2. The molecule has 0 fully saturated rings. The Morgan fingerprint density at radius 3 is 2.52 bits per heavy atom. The maximum atomic E-state index is 9.75. The summed E-state index contributed by atoms with van der Waals surface area (Å²) in [5.41, 5.74) is 4.86. The highest BCUT2D eigenvalue weighted by atomic mass is 16.5. The van der Waals surface area contributed by atoms with Crippen molar-refractivity contribution in [1.82, 2.24) is 0 Å². The van der Waals surface area contributed by atoms with Crippen molar-refractivity contribution in [1.29, 1.82) is 0 Å². The third kappa shape index (κ3) is 3.69. The molecule has 3 heteroatoms. The fraction of sp³-hybridized carbons (Fsp3) is 0.333. The predicted octanol–water partition coefficient (Wildman–Crippen LogP) is 4.04. The summed E-state index contributed by atoms with van der Waals surface area (Å²) in [5.74, 6) is 0.735. The summed E-state index contributed by atoms with van der Waals surface area (Å²) >= 11 is 0. The maximum absolute atomic E-state index is 9.75. The summed E-state index contributed by atoms with van der Waals surface area (Å²) in [5, 5.41) is 9.75. The number of hydrogen-bond donors (Lipinski definition) is 1. The van der Waals surface area contributed by atoms with E-state index in [2.05, 4.69) is 44.0 Å². The minimum Gasteiger partial charge on any atom is -0.504 e. The highest BCUT2D eigenvalue weighted by molar-refractivity contribution is 5.54. The Morgan fingerprint density at radius 1 is 1.10 bits per heavy atom. The number of ether oxygens (including phenoxy) is 1. The van der Waals surface area contributed by atoms with E-state index in [-0.39, 0.29) is 5.75 Å². The van der Waals surface area contributed by atoms with E-state index in [1.54, 1.807) is 6.07 Å². The molecule has 3 nitrogen and oxygen atoms in total. The number of nitrogens with zero attached hydrogens (tertiary/aromatic N) is 1. The van der Waals surface area contributed by atoms with Gasteiger partial charge in [-0.1, -0.05) is 23.8 Å². The molecule has 1 N–H and O–H groups in total.